The first-order chi connectivity index (χ1) is 16.7. The molecule has 1 aliphatic carbocycles. The summed E-state index contributed by atoms with van der Waals surface area (Å²) < 4.78 is 0. The summed E-state index contributed by atoms with van der Waals surface area (Å²) >= 11 is 0. The van der Waals surface area contributed by atoms with Crippen LogP contribution in [0.3, 0.4) is 0 Å². The molecule has 0 unspecified atom stereocenters. The lowest BCUT2D eigenvalue weighted by molar-refractivity contribution is 0.751. The van der Waals surface area contributed by atoms with Crippen LogP contribution < -0.4 is 16.0 Å². The number of anilines is 3. The number of nitrogens with two attached hydrogens (primary N) is 1. The van der Waals surface area contributed by atoms with Gasteiger partial charge >= 0.3 is 0 Å². The summed E-state index contributed by atoms with van der Waals surface area (Å²) in [7, 11) is 0. The number of aromatic nitrogens is 3. The molecule has 34 heavy (non-hydrogen) atoms. The van der Waals surface area contributed by atoms with Crippen LogP contribution in [0.5, 0.6) is 0 Å². The van der Waals surface area contributed by atoms with Crippen LogP contribution in [-0.2, 0) is 0 Å². The first kappa shape index (κ1) is 20.6. The molecular formula is C27H25N7. The fourth-order valence-corrected chi connectivity index (χ4v) is 4.66. The normalized spacial score (nSPS) is 17.6. The van der Waals surface area contributed by atoms with Crippen LogP contribution in [0.25, 0.3) is 22.0 Å². The molecule has 3 N–H and O–H groups in total. The van der Waals surface area contributed by atoms with Crippen LogP contribution in [0.15, 0.2) is 60.9 Å². The molecule has 7 heteroatoms. The van der Waals surface area contributed by atoms with Crippen molar-refractivity contribution in [1.29, 1.82) is 5.26 Å². The molecule has 0 radical (unpaired) electrons. The standard InChI is InChI=1S/C27H25N7/c28-15-17-5-8-30-25(11-17)33-26-14-21(18-1-2-18)13-24(32-26)20-4-3-19-6-9-31-27(23(19)12-20)34-10-7-22(29)16-34/h3-6,8-9,11-14,18,22H,1-2,7,10,16,29H2,(H,30,32,33)/t22-/m1/s1. The van der Waals surface area contributed by atoms with Crippen molar-refractivity contribution in [3.05, 3.63) is 72.1 Å². The quantitative estimate of drug-likeness (QED) is 0.456. The molecular weight excluding hydrogens is 422 g/mol. The second kappa shape index (κ2) is 8.40. The maximum absolute atomic E-state index is 9.21. The largest absolute Gasteiger partial charge is 0.354 e. The molecule has 1 saturated carbocycles. The highest BCUT2D eigenvalue weighted by Crippen LogP contribution is 2.42. The number of nitriles is 1. The third-order valence-corrected chi connectivity index (χ3v) is 6.61. The van der Waals surface area contributed by atoms with Gasteiger partial charge in [0.15, 0.2) is 0 Å². The number of rotatable bonds is 5. The Morgan fingerprint density at radius 2 is 1.85 bits per heavy atom. The van der Waals surface area contributed by atoms with E-state index < -0.39 is 0 Å². The Labute approximate surface area is 198 Å². The lowest BCUT2D eigenvalue weighted by atomic mass is 10.0. The number of pyridine rings is 3. The second-order valence-corrected chi connectivity index (χ2v) is 9.18. The van der Waals surface area contributed by atoms with Crippen LogP contribution in [0.2, 0.25) is 0 Å². The number of nitrogens with one attached hydrogen (secondary N) is 1. The number of benzene rings is 1. The van der Waals surface area contributed by atoms with E-state index in [1.54, 1.807) is 18.3 Å². The average molecular weight is 448 g/mol. The van der Waals surface area contributed by atoms with E-state index >= 15 is 0 Å². The Balaban J connectivity index is 1.41. The first-order valence-electron chi connectivity index (χ1n) is 11.7. The number of hydrogen-bond acceptors (Lipinski definition) is 7. The molecule has 6 rings (SSSR count). The zero-order valence-corrected chi connectivity index (χ0v) is 18.8. The van der Waals surface area contributed by atoms with Crippen molar-refractivity contribution in [3.63, 3.8) is 0 Å². The monoisotopic (exact) mass is 447 g/mol. The summed E-state index contributed by atoms with van der Waals surface area (Å²) in [6.45, 7) is 1.75. The van der Waals surface area contributed by atoms with E-state index in [9.17, 15) is 5.26 Å². The predicted octanol–water partition coefficient (Wildman–Crippen LogP) is 4.72. The van der Waals surface area contributed by atoms with Crippen molar-refractivity contribution >= 4 is 28.2 Å². The van der Waals surface area contributed by atoms with Crippen LogP contribution in [0.1, 0.15) is 36.3 Å². The molecule has 1 aliphatic heterocycles. The highest BCUT2D eigenvalue weighted by molar-refractivity contribution is 5.95. The van der Waals surface area contributed by atoms with Crippen LogP contribution in [0, 0.1) is 11.3 Å². The van der Waals surface area contributed by atoms with E-state index in [2.05, 4.69) is 51.6 Å². The van der Waals surface area contributed by atoms with Gasteiger partial charge in [-0.3, -0.25) is 0 Å². The van der Waals surface area contributed by atoms with E-state index in [1.165, 1.54) is 18.4 Å². The van der Waals surface area contributed by atoms with Gasteiger partial charge in [-0.2, -0.15) is 5.26 Å². The summed E-state index contributed by atoms with van der Waals surface area (Å²) in [5, 5.41) is 14.8. The lowest BCUT2D eigenvalue weighted by Crippen LogP contribution is -2.26. The van der Waals surface area contributed by atoms with Gasteiger partial charge in [0.2, 0.25) is 0 Å². The second-order valence-electron chi connectivity index (χ2n) is 9.18. The molecule has 0 bridgehead atoms. The summed E-state index contributed by atoms with van der Waals surface area (Å²) in [6, 6.07) is 18.6. The lowest BCUT2D eigenvalue weighted by Gasteiger charge is -2.19. The SMILES string of the molecule is N#Cc1ccnc(Nc2cc(C3CC3)cc(-c3ccc4ccnc(N5CC[C@@H](N)C5)c4c3)n2)c1. The molecule has 2 aliphatic rings. The minimum atomic E-state index is 0.193. The Kier molecular flexibility index (Phi) is 5.08. The number of fused-ring (bicyclic) bond motifs is 1. The Hall–Kier alpha value is -4.02. The van der Waals surface area contributed by atoms with Crippen molar-refractivity contribution < 1.29 is 0 Å². The minimum Gasteiger partial charge on any atom is -0.354 e. The molecule has 4 heterocycles. The van der Waals surface area contributed by atoms with E-state index in [4.69, 9.17) is 15.7 Å². The number of hydrogen-bond donors (Lipinski definition) is 2. The van der Waals surface area contributed by atoms with Gasteiger partial charge in [0.05, 0.1) is 17.3 Å². The fourth-order valence-electron chi connectivity index (χ4n) is 4.66. The van der Waals surface area contributed by atoms with Gasteiger partial charge < -0.3 is 16.0 Å². The third-order valence-electron chi connectivity index (χ3n) is 6.61. The Morgan fingerprint density at radius 3 is 2.65 bits per heavy atom. The highest BCUT2D eigenvalue weighted by atomic mass is 15.2. The highest BCUT2D eigenvalue weighted by Gasteiger charge is 2.25. The summed E-state index contributed by atoms with van der Waals surface area (Å²) in [5.74, 6) is 2.91. The van der Waals surface area contributed by atoms with Gasteiger partial charge in [-0.15, -0.1) is 0 Å². The molecule has 2 fully saturated rings. The molecule has 1 aromatic carbocycles. The predicted molar refractivity (Wildman–Crippen MR) is 134 cm³/mol. The Morgan fingerprint density at radius 1 is 0.971 bits per heavy atom. The topological polar surface area (TPSA) is 104 Å². The molecule has 0 amide bonds. The van der Waals surface area contributed by atoms with Crippen LogP contribution >= 0.6 is 0 Å². The molecule has 0 spiro atoms. The zero-order valence-electron chi connectivity index (χ0n) is 18.8. The maximum Gasteiger partial charge on any atom is 0.136 e. The molecule has 1 atom stereocenters. The van der Waals surface area contributed by atoms with Gasteiger partial charge in [0.25, 0.3) is 0 Å². The zero-order chi connectivity index (χ0) is 23.1. The summed E-state index contributed by atoms with van der Waals surface area (Å²) in [4.78, 5) is 16.3. The van der Waals surface area contributed by atoms with Gasteiger partial charge in [-0.25, -0.2) is 15.0 Å². The molecule has 1 saturated heterocycles. The van der Waals surface area contributed by atoms with E-state index in [-0.39, 0.29) is 6.04 Å². The third kappa shape index (κ3) is 4.04. The van der Waals surface area contributed by atoms with Crippen molar-refractivity contribution in [2.24, 2.45) is 5.73 Å². The molecule has 7 nitrogen and oxygen atoms in total. The average Bonchev–Trinajstić information content (AvgIpc) is 3.64. The van der Waals surface area contributed by atoms with E-state index in [0.717, 1.165) is 53.2 Å². The van der Waals surface area contributed by atoms with Gasteiger partial charge in [0, 0.05) is 42.5 Å². The van der Waals surface area contributed by atoms with Crippen molar-refractivity contribution in [3.8, 4) is 17.3 Å². The molecule has 4 aromatic rings. The summed E-state index contributed by atoms with van der Waals surface area (Å²) in [6.07, 6.45) is 6.89. The van der Waals surface area contributed by atoms with Gasteiger partial charge in [-0.05, 0) is 72.5 Å². The van der Waals surface area contributed by atoms with Crippen molar-refractivity contribution in [1.82, 2.24) is 15.0 Å². The van der Waals surface area contributed by atoms with Crippen molar-refractivity contribution in [2.75, 3.05) is 23.3 Å². The molecule has 3 aromatic heterocycles. The smallest absolute Gasteiger partial charge is 0.136 e. The Bertz CT molecular complexity index is 1420. The minimum absolute atomic E-state index is 0.193. The van der Waals surface area contributed by atoms with Crippen LogP contribution in [0.4, 0.5) is 17.5 Å². The van der Waals surface area contributed by atoms with Gasteiger partial charge in [-0.1, -0.05) is 12.1 Å². The fraction of sp³-hybridized carbons (Fsp3) is 0.259. The van der Waals surface area contributed by atoms with Gasteiger partial charge in [0.1, 0.15) is 17.5 Å². The van der Waals surface area contributed by atoms with E-state index in [1.807, 2.05) is 12.3 Å². The van der Waals surface area contributed by atoms with E-state index in [0.29, 0.717) is 17.3 Å². The molecule has 168 valence electrons. The summed E-state index contributed by atoms with van der Waals surface area (Å²) in [5.41, 5.74) is 9.97. The number of nitrogens with zero attached hydrogens (tertiary/aromatic N) is 5. The van der Waals surface area contributed by atoms with Crippen LogP contribution in [-0.4, -0.2) is 34.1 Å². The van der Waals surface area contributed by atoms with Crippen molar-refractivity contribution in [2.45, 2.75) is 31.2 Å². The maximum atomic E-state index is 9.21. The first-order valence-corrected chi connectivity index (χ1v) is 11.7.